The van der Waals surface area contributed by atoms with Crippen molar-refractivity contribution in [2.24, 2.45) is 5.92 Å². The van der Waals surface area contributed by atoms with Crippen LogP contribution in [0.15, 0.2) is 61.2 Å². The monoisotopic (exact) mass is 353 g/mol. The quantitative estimate of drug-likeness (QED) is 0.653. The van der Waals surface area contributed by atoms with Gasteiger partial charge in [0.1, 0.15) is 0 Å². The second-order valence-corrected chi connectivity index (χ2v) is 6.19. The van der Waals surface area contributed by atoms with Crippen LogP contribution in [-0.2, 0) is 17.8 Å². The van der Waals surface area contributed by atoms with Gasteiger partial charge in [-0.3, -0.25) is 4.79 Å². The van der Waals surface area contributed by atoms with Gasteiger partial charge in [-0.25, -0.2) is 0 Å². The lowest BCUT2D eigenvalue weighted by molar-refractivity contribution is -0.121. The Kier molecular flexibility index (Phi) is 7.75. The molecule has 0 aromatic heterocycles. The molecule has 0 aliphatic carbocycles. The third-order valence-corrected chi connectivity index (χ3v) is 4.35. The van der Waals surface area contributed by atoms with Gasteiger partial charge in [-0.1, -0.05) is 42.5 Å². The maximum Gasteiger partial charge on any atom is 0.220 e. The first-order valence-electron chi connectivity index (χ1n) is 8.80. The van der Waals surface area contributed by atoms with Crippen LogP contribution in [0.1, 0.15) is 24.0 Å². The lowest BCUT2D eigenvalue weighted by Gasteiger charge is -2.14. The summed E-state index contributed by atoms with van der Waals surface area (Å²) in [5.41, 5.74) is 2.24. The first-order valence-corrected chi connectivity index (χ1v) is 8.80. The summed E-state index contributed by atoms with van der Waals surface area (Å²) in [6.45, 7) is 4.48. The lowest BCUT2D eigenvalue weighted by atomic mass is 9.94. The summed E-state index contributed by atoms with van der Waals surface area (Å²) in [6, 6.07) is 15.8. The van der Waals surface area contributed by atoms with E-state index < -0.39 is 0 Å². The first kappa shape index (κ1) is 19.6. The Morgan fingerprint density at radius 3 is 2.46 bits per heavy atom. The van der Waals surface area contributed by atoms with Crippen LogP contribution in [0.2, 0.25) is 0 Å². The van der Waals surface area contributed by atoms with Gasteiger partial charge in [0.2, 0.25) is 5.91 Å². The van der Waals surface area contributed by atoms with Gasteiger partial charge in [0.25, 0.3) is 0 Å². The number of ether oxygens (including phenoxy) is 2. The fourth-order valence-electron chi connectivity index (χ4n) is 2.81. The molecule has 0 spiro atoms. The average Bonchev–Trinajstić information content (AvgIpc) is 2.70. The van der Waals surface area contributed by atoms with E-state index in [9.17, 15) is 4.79 Å². The molecule has 0 aliphatic rings. The number of hydrogen-bond acceptors (Lipinski definition) is 3. The number of amides is 1. The highest BCUT2D eigenvalue weighted by Crippen LogP contribution is 2.29. The van der Waals surface area contributed by atoms with Crippen LogP contribution >= 0.6 is 0 Å². The molecule has 0 aliphatic heterocycles. The Hall–Kier alpha value is -2.75. The zero-order valence-electron chi connectivity index (χ0n) is 15.5. The van der Waals surface area contributed by atoms with Gasteiger partial charge in [0, 0.05) is 13.0 Å². The summed E-state index contributed by atoms with van der Waals surface area (Å²) in [5.74, 6) is 1.73. The fourth-order valence-corrected chi connectivity index (χ4v) is 2.81. The normalized spacial score (nSPS) is 11.5. The predicted molar refractivity (Wildman–Crippen MR) is 104 cm³/mol. The summed E-state index contributed by atoms with van der Waals surface area (Å²) in [5, 5.41) is 2.97. The van der Waals surface area contributed by atoms with Crippen molar-refractivity contribution in [3.05, 3.63) is 72.3 Å². The molecule has 138 valence electrons. The second kappa shape index (κ2) is 10.3. The minimum atomic E-state index is 0.0630. The topological polar surface area (TPSA) is 47.6 Å². The van der Waals surface area contributed by atoms with E-state index in [4.69, 9.17) is 9.47 Å². The number of rotatable bonds is 10. The summed E-state index contributed by atoms with van der Waals surface area (Å²) < 4.78 is 10.6. The van der Waals surface area contributed by atoms with Crippen LogP contribution in [-0.4, -0.2) is 20.1 Å². The molecule has 4 heteroatoms. The van der Waals surface area contributed by atoms with Crippen molar-refractivity contribution in [2.75, 3.05) is 14.2 Å². The van der Waals surface area contributed by atoms with Crippen molar-refractivity contribution in [2.45, 2.75) is 25.8 Å². The van der Waals surface area contributed by atoms with E-state index in [0.717, 1.165) is 24.0 Å². The SMILES string of the molecule is C=CC(CCC(=O)NCc1ccccc1)Cc1ccc(OC)c(OC)c1. The minimum Gasteiger partial charge on any atom is -0.493 e. The van der Waals surface area contributed by atoms with E-state index in [1.54, 1.807) is 14.2 Å². The Labute approximate surface area is 155 Å². The zero-order valence-corrected chi connectivity index (χ0v) is 15.5. The number of methoxy groups -OCH3 is 2. The van der Waals surface area contributed by atoms with E-state index >= 15 is 0 Å². The molecular weight excluding hydrogens is 326 g/mol. The summed E-state index contributed by atoms with van der Waals surface area (Å²) >= 11 is 0. The molecule has 2 rings (SSSR count). The molecular formula is C22H27NO3. The molecule has 0 bridgehead atoms. The van der Waals surface area contributed by atoms with Crippen molar-refractivity contribution in [1.82, 2.24) is 5.32 Å². The highest BCUT2D eigenvalue weighted by molar-refractivity contribution is 5.75. The van der Waals surface area contributed by atoms with Crippen LogP contribution in [0.4, 0.5) is 0 Å². The lowest BCUT2D eigenvalue weighted by Crippen LogP contribution is -2.23. The van der Waals surface area contributed by atoms with E-state index in [0.29, 0.717) is 24.5 Å². The molecule has 0 saturated heterocycles. The number of allylic oxidation sites excluding steroid dienone is 1. The van der Waals surface area contributed by atoms with Crippen LogP contribution in [0.3, 0.4) is 0 Å². The molecule has 26 heavy (non-hydrogen) atoms. The Bertz CT molecular complexity index is 713. The molecule has 0 fully saturated rings. The Morgan fingerprint density at radius 1 is 1.08 bits per heavy atom. The zero-order chi connectivity index (χ0) is 18.8. The predicted octanol–water partition coefficient (Wildman–Crippen LogP) is 4.15. The van der Waals surface area contributed by atoms with Crippen LogP contribution in [0.5, 0.6) is 11.5 Å². The van der Waals surface area contributed by atoms with Gasteiger partial charge in [-0.05, 0) is 42.0 Å². The maximum absolute atomic E-state index is 12.1. The van der Waals surface area contributed by atoms with E-state index in [1.807, 2.05) is 54.6 Å². The Balaban J connectivity index is 1.83. The molecule has 1 unspecified atom stereocenters. The highest BCUT2D eigenvalue weighted by Gasteiger charge is 2.11. The average molecular weight is 353 g/mol. The molecule has 2 aromatic carbocycles. The van der Waals surface area contributed by atoms with Crippen molar-refractivity contribution >= 4 is 5.91 Å². The largest absolute Gasteiger partial charge is 0.493 e. The summed E-state index contributed by atoms with van der Waals surface area (Å²) in [6.07, 6.45) is 3.98. The number of carbonyl (C=O) groups excluding carboxylic acids is 1. The molecule has 0 radical (unpaired) electrons. The molecule has 1 atom stereocenters. The molecule has 4 nitrogen and oxygen atoms in total. The van der Waals surface area contributed by atoms with Gasteiger partial charge in [0.15, 0.2) is 11.5 Å². The standard InChI is InChI=1S/C22H27NO3/c1-4-17(14-19-10-12-20(25-2)21(15-19)26-3)11-13-22(24)23-16-18-8-6-5-7-9-18/h4-10,12,15,17H,1,11,13-14,16H2,2-3H3,(H,23,24). The van der Waals surface area contributed by atoms with E-state index in [2.05, 4.69) is 11.9 Å². The number of benzene rings is 2. The summed E-state index contributed by atoms with van der Waals surface area (Å²) in [4.78, 5) is 12.1. The van der Waals surface area contributed by atoms with Crippen LogP contribution in [0.25, 0.3) is 0 Å². The van der Waals surface area contributed by atoms with E-state index in [1.165, 1.54) is 0 Å². The third kappa shape index (κ3) is 5.96. The van der Waals surface area contributed by atoms with Crippen LogP contribution in [0, 0.1) is 5.92 Å². The van der Waals surface area contributed by atoms with Gasteiger partial charge in [0.05, 0.1) is 14.2 Å². The second-order valence-electron chi connectivity index (χ2n) is 6.19. The van der Waals surface area contributed by atoms with Gasteiger partial charge in [-0.2, -0.15) is 0 Å². The molecule has 0 heterocycles. The fraction of sp³-hybridized carbons (Fsp3) is 0.318. The smallest absolute Gasteiger partial charge is 0.220 e. The molecule has 1 amide bonds. The maximum atomic E-state index is 12.1. The summed E-state index contributed by atoms with van der Waals surface area (Å²) in [7, 11) is 3.25. The van der Waals surface area contributed by atoms with Gasteiger partial charge >= 0.3 is 0 Å². The molecule has 0 saturated carbocycles. The number of nitrogens with one attached hydrogen (secondary N) is 1. The van der Waals surface area contributed by atoms with Gasteiger partial charge in [-0.15, -0.1) is 6.58 Å². The highest BCUT2D eigenvalue weighted by atomic mass is 16.5. The van der Waals surface area contributed by atoms with E-state index in [-0.39, 0.29) is 11.8 Å². The molecule has 2 aromatic rings. The number of hydrogen-bond donors (Lipinski definition) is 1. The Morgan fingerprint density at radius 2 is 1.81 bits per heavy atom. The van der Waals surface area contributed by atoms with Crippen molar-refractivity contribution in [3.8, 4) is 11.5 Å². The van der Waals surface area contributed by atoms with Crippen molar-refractivity contribution in [1.29, 1.82) is 0 Å². The van der Waals surface area contributed by atoms with Crippen molar-refractivity contribution in [3.63, 3.8) is 0 Å². The molecule has 1 N–H and O–H groups in total. The third-order valence-electron chi connectivity index (χ3n) is 4.35. The van der Waals surface area contributed by atoms with Crippen LogP contribution < -0.4 is 14.8 Å². The first-order chi connectivity index (χ1) is 12.7. The number of carbonyl (C=O) groups is 1. The minimum absolute atomic E-state index is 0.0630. The van der Waals surface area contributed by atoms with Gasteiger partial charge < -0.3 is 14.8 Å². The van der Waals surface area contributed by atoms with Crippen molar-refractivity contribution < 1.29 is 14.3 Å².